The molecule has 3 unspecified atom stereocenters. The van der Waals surface area contributed by atoms with E-state index in [4.69, 9.17) is 5.73 Å². The van der Waals surface area contributed by atoms with E-state index in [9.17, 15) is 0 Å². The van der Waals surface area contributed by atoms with Crippen molar-refractivity contribution in [1.29, 1.82) is 0 Å². The highest BCUT2D eigenvalue weighted by atomic mass is 14.9. The Hall–Kier alpha value is -0.0800. The zero-order valence-electron chi connectivity index (χ0n) is 10.3. The van der Waals surface area contributed by atoms with Crippen LogP contribution in [-0.2, 0) is 0 Å². The van der Waals surface area contributed by atoms with Crippen molar-refractivity contribution in [3.05, 3.63) is 0 Å². The first-order valence-electron chi connectivity index (χ1n) is 6.54. The van der Waals surface area contributed by atoms with Gasteiger partial charge < -0.3 is 11.1 Å². The van der Waals surface area contributed by atoms with Crippen molar-refractivity contribution in [3.8, 4) is 0 Å². The molecule has 2 saturated carbocycles. The molecule has 0 saturated heterocycles. The summed E-state index contributed by atoms with van der Waals surface area (Å²) in [6.07, 6.45) is 5.55. The van der Waals surface area contributed by atoms with Crippen LogP contribution in [0.1, 0.15) is 39.5 Å². The van der Waals surface area contributed by atoms with Crippen LogP contribution in [0.4, 0.5) is 0 Å². The van der Waals surface area contributed by atoms with Gasteiger partial charge in [0.15, 0.2) is 0 Å². The molecule has 2 rings (SSSR count). The third-order valence-electron chi connectivity index (χ3n) is 4.63. The monoisotopic (exact) mass is 210 g/mol. The van der Waals surface area contributed by atoms with Crippen LogP contribution in [0.15, 0.2) is 0 Å². The highest BCUT2D eigenvalue weighted by Crippen LogP contribution is 2.51. The van der Waals surface area contributed by atoms with Crippen LogP contribution < -0.4 is 11.1 Å². The van der Waals surface area contributed by atoms with Gasteiger partial charge in [0.2, 0.25) is 0 Å². The Morgan fingerprint density at radius 2 is 1.87 bits per heavy atom. The Bertz CT molecular complexity index is 213. The molecule has 0 aliphatic heterocycles. The van der Waals surface area contributed by atoms with Crippen LogP contribution in [0, 0.1) is 23.2 Å². The average Bonchev–Trinajstić information content (AvgIpc) is 2.64. The molecular weight excluding hydrogens is 184 g/mol. The van der Waals surface area contributed by atoms with Crippen LogP contribution in [0.3, 0.4) is 0 Å². The molecule has 0 aromatic heterocycles. The number of hydrogen-bond acceptors (Lipinski definition) is 2. The van der Waals surface area contributed by atoms with Crippen molar-refractivity contribution in [2.24, 2.45) is 28.9 Å². The minimum absolute atomic E-state index is 0.621. The zero-order chi connectivity index (χ0) is 10.9. The van der Waals surface area contributed by atoms with E-state index in [0.29, 0.717) is 5.41 Å². The van der Waals surface area contributed by atoms with E-state index in [1.807, 2.05) is 0 Å². The molecule has 0 heterocycles. The Morgan fingerprint density at radius 1 is 1.20 bits per heavy atom. The molecule has 0 amide bonds. The van der Waals surface area contributed by atoms with Gasteiger partial charge in [-0.2, -0.15) is 0 Å². The van der Waals surface area contributed by atoms with Crippen LogP contribution in [0.25, 0.3) is 0 Å². The van der Waals surface area contributed by atoms with Crippen molar-refractivity contribution < 1.29 is 0 Å². The maximum Gasteiger partial charge on any atom is -0.00151 e. The van der Waals surface area contributed by atoms with Gasteiger partial charge in [0.1, 0.15) is 0 Å². The second-order valence-electron chi connectivity index (χ2n) is 6.23. The number of rotatable bonds is 5. The van der Waals surface area contributed by atoms with E-state index in [1.54, 1.807) is 0 Å². The average molecular weight is 210 g/mol. The van der Waals surface area contributed by atoms with Crippen LogP contribution >= 0.6 is 0 Å². The zero-order valence-corrected chi connectivity index (χ0v) is 10.3. The Morgan fingerprint density at radius 3 is 2.47 bits per heavy atom. The summed E-state index contributed by atoms with van der Waals surface area (Å²) in [4.78, 5) is 0. The number of nitrogens with two attached hydrogens (primary N) is 1. The Kier molecular flexibility index (Phi) is 3.36. The molecule has 3 atom stereocenters. The Labute approximate surface area is 94.0 Å². The molecular formula is C13H26N2. The maximum absolute atomic E-state index is 5.78. The van der Waals surface area contributed by atoms with Crippen LogP contribution in [0.5, 0.6) is 0 Å². The predicted molar refractivity (Wildman–Crippen MR) is 64.6 cm³/mol. The van der Waals surface area contributed by atoms with Gasteiger partial charge in [-0.25, -0.2) is 0 Å². The lowest BCUT2D eigenvalue weighted by Crippen LogP contribution is -2.30. The summed E-state index contributed by atoms with van der Waals surface area (Å²) in [5.74, 6) is 2.58. The first-order chi connectivity index (χ1) is 7.13. The highest BCUT2D eigenvalue weighted by molar-refractivity contribution is 4.96. The molecule has 0 aromatic rings. The highest BCUT2D eigenvalue weighted by Gasteiger charge is 2.44. The van der Waals surface area contributed by atoms with Crippen LogP contribution in [0.2, 0.25) is 0 Å². The van der Waals surface area contributed by atoms with E-state index < -0.39 is 0 Å². The molecule has 0 radical (unpaired) electrons. The van der Waals surface area contributed by atoms with Crippen molar-refractivity contribution >= 4 is 0 Å². The Balaban J connectivity index is 1.62. The summed E-state index contributed by atoms with van der Waals surface area (Å²) in [6, 6.07) is 0. The maximum atomic E-state index is 5.78. The fourth-order valence-electron chi connectivity index (χ4n) is 3.06. The lowest BCUT2D eigenvalue weighted by molar-refractivity contribution is 0.367. The molecule has 0 aromatic carbocycles. The lowest BCUT2D eigenvalue weighted by Gasteiger charge is -2.18. The number of hydrogen-bond donors (Lipinski definition) is 2. The first-order valence-corrected chi connectivity index (χ1v) is 6.54. The standard InChI is InChI=1S/C13H26N2/c1-13(2)6-12(13)9-15-8-11-5-3-4-10(11)7-14/h10-12,15H,3-9,14H2,1-2H3. The molecule has 2 nitrogen and oxygen atoms in total. The van der Waals surface area contributed by atoms with Crippen molar-refractivity contribution in [1.82, 2.24) is 5.32 Å². The molecule has 0 spiro atoms. The van der Waals surface area contributed by atoms with Crippen LogP contribution in [-0.4, -0.2) is 19.6 Å². The fraction of sp³-hybridized carbons (Fsp3) is 1.00. The van der Waals surface area contributed by atoms with Gasteiger partial charge in [-0.1, -0.05) is 20.3 Å². The third-order valence-corrected chi connectivity index (χ3v) is 4.63. The molecule has 2 heteroatoms. The van der Waals surface area contributed by atoms with E-state index >= 15 is 0 Å². The molecule has 3 N–H and O–H groups in total. The normalized spacial score (nSPS) is 38.2. The van der Waals surface area contributed by atoms with E-state index in [2.05, 4.69) is 19.2 Å². The molecule has 0 bridgehead atoms. The van der Waals surface area contributed by atoms with E-state index in [-0.39, 0.29) is 0 Å². The molecule has 2 aliphatic carbocycles. The summed E-state index contributed by atoms with van der Waals surface area (Å²) in [5, 5.41) is 3.65. The van der Waals surface area contributed by atoms with Gasteiger partial charge in [-0.05, 0) is 62.1 Å². The lowest BCUT2D eigenvalue weighted by atomic mass is 9.96. The van der Waals surface area contributed by atoms with Crippen molar-refractivity contribution in [3.63, 3.8) is 0 Å². The quantitative estimate of drug-likeness (QED) is 0.728. The third kappa shape index (κ3) is 2.73. The molecule has 2 fully saturated rings. The topological polar surface area (TPSA) is 38.0 Å². The first kappa shape index (κ1) is 11.4. The van der Waals surface area contributed by atoms with Gasteiger partial charge in [0.05, 0.1) is 0 Å². The molecule has 15 heavy (non-hydrogen) atoms. The van der Waals surface area contributed by atoms with Crippen molar-refractivity contribution in [2.75, 3.05) is 19.6 Å². The largest absolute Gasteiger partial charge is 0.330 e. The summed E-state index contributed by atoms with van der Waals surface area (Å²) < 4.78 is 0. The fourth-order valence-corrected chi connectivity index (χ4v) is 3.06. The minimum Gasteiger partial charge on any atom is -0.330 e. The molecule has 2 aliphatic rings. The van der Waals surface area contributed by atoms with Gasteiger partial charge in [0.25, 0.3) is 0 Å². The summed E-state index contributed by atoms with van der Waals surface area (Å²) in [6.45, 7) is 8.06. The second-order valence-corrected chi connectivity index (χ2v) is 6.23. The van der Waals surface area contributed by atoms with Crippen molar-refractivity contribution in [2.45, 2.75) is 39.5 Å². The summed E-state index contributed by atoms with van der Waals surface area (Å²) in [7, 11) is 0. The van der Waals surface area contributed by atoms with Gasteiger partial charge in [0, 0.05) is 0 Å². The smallest absolute Gasteiger partial charge is 0.00151 e. The van der Waals surface area contributed by atoms with Gasteiger partial charge in [-0.15, -0.1) is 0 Å². The van der Waals surface area contributed by atoms with E-state index in [0.717, 1.165) is 24.3 Å². The van der Waals surface area contributed by atoms with Gasteiger partial charge in [-0.3, -0.25) is 0 Å². The SMILES string of the molecule is CC1(C)CC1CNCC1CCCC1CN. The summed E-state index contributed by atoms with van der Waals surface area (Å²) >= 11 is 0. The number of nitrogens with one attached hydrogen (secondary N) is 1. The van der Waals surface area contributed by atoms with E-state index in [1.165, 1.54) is 38.8 Å². The second kappa shape index (κ2) is 4.42. The predicted octanol–water partition coefficient (Wildman–Crippen LogP) is 2.00. The minimum atomic E-state index is 0.621. The molecule has 88 valence electrons. The summed E-state index contributed by atoms with van der Waals surface area (Å²) in [5.41, 5.74) is 6.40. The van der Waals surface area contributed by atoms with Gasteiger partial charge >= 0.3 is 0 Å².